The number of rotatable bonds is 4. The quantitative estimate of drug-likeness (QED) is 0.771. The topological polar surface area (TPSA) is 42.4 Å². The summed E-state index contributed by atoms with van der Waals surface area (Å²) < 4.78 is 20.1. The van der Waals surface area contributed by atoms with Gasteiger partial charge in [-0.15, -0.1) is 0 Å². The van der Waals surface area contributed by atoms with E-state index in [4.69, 9.17) is 4.74 Å². The van der Waals surface area contributed by atoms with E-state index >= 15 is 0 Å². The first-order chi connectivity index (χ1) is 12.7. The van der Waals surface area contributed by atoms with Crippen molar-refractivity contribution in [1.29, 1.82) is 0 Å². The van der Waals surface area contributed by atoms with Crippen LogP contribution in [0.2, 0.25) is 0 Å². The maximum absolute atomic E-state index is 13.3. The smallest absolute Gasteiger partial charge is 0.274 e. The highest BCUT2D eigenvalue weighted by Gasteiger charge is 2.26. The van der Waals surface area contributed by atoms with E-state index in [1.165, 1.54) is 55.6 Å². The Morgan fingerprint density at radius 1 is 1.19 bits per heavy atom. The molecule has 4 rings (SSSR count). The number of piperidine rings is 1. The summed E-state index contributed by atoms with van der Waals surface area (Å²) in [5.41, 5.74) is 0.770. The van der Waals surface area contributed by atoms with E-state index in [2.05, 4.69) is 4.98 Å². The van der Waals surface area contributed by atoms with Gasteiger partial charge in [-0.3, -0.25) is 4.79 Å². The zero-order valence-electron chi connectivity index (χ0n) is 15.0. The number of carbonyl (C=O) groups excluding carboxylic acids is 1. The van der Waals surface area contributed by atoms with Crippen LogP contribution in [0.4, 0.5) is 4.39 Å². The maximum Gasteiger partial charge on any atom is 0.274 e. The summed E-state index contributed by atoms with van der Waals surface area (Å²) in [7, 11) is 0. The summed E-state index contributed by atoms with van der Waals surface area (Å²) in [4.78, 5) is 19.0. The van der Waals surface area contributed by atoms with Gasteiger partial charge in [0, 0.05) is 32.4 Å². The predicted molar refractivity (Wildman–Crippen MR) is 101 cm³/mol. The van der Waals surface area contributed by atoms with Gasteiger partial charge in [0.25, 0.3) is 5.19 Å². The van der Waals surface area contributed by atoms with Gasteiger partial charge < -0.3 is 9.64 Å². The van der Waals surface area contributed by atoms with Crippen LogP contribution in [0, 0.1) is 11.7 Å². The molecular weight excluding hydrogens is 351 g/mol. The first-order valence-electron chi connectivity index (χ1n) is 9.68. The van der Waals surface area contributed by atoms with E-state index < -0.39 is 0 Å². The van der Waals surface area contributed by atoms with Crippen molar-refractivity contribution in [2.75, 3.05) is 13.1 Å². The zero-order chi connectivity index (χ0) is 17.9. The highest BCUT2D eigenvalue weighted by molar-refractivity contribution is 7.20. The van der Waals surface area contributed by atoms with E-state index in [9.17, 15) is 9.18 Å². The summed E-state index contributed by atoms with van der Waals surface area (Å²) in [5.74, 6) is 0.650. The molecule has 6 heteroatoms. The van der Waals surface area contributed by atoms with Crippen molar-refractivity contribution >= 4 is 27.5 Å². The van der Waals surface area contributed by atoms with Gasteiger partial charge in [0.05, 0.1) is 10.2 Å². The normalized spacial score (nSPS) is 19.8. The fourth-order valence-corrected chi connectivity index (χ4v) is 4.97. The molecule has 1 saturated carbocycles. The molecule has 0 atom stereocenters. The Morgan fingerprint density at radius 3 is 2.73 bits per heavy atom. The number of likely N-dealkylation sites (tertiary alicyclic amines) is 1. The van der Waals surface area contributed by atoms with Gasteiger partial charge in [-0.25, -0.2) is 9.37 Å². The van der Waals surface area contributed by atoms with Gasteiger partial charge in [-0.2, -0.15) is 0 Å². The third-order valence-corrected chi connectivity index (χ3v) is 6.49. The van der Waals surface area contributed by atoms with Gasteiger partial charge in [-0.1, -0.05) is 30.6 Å². The fraction of sp³-hybridized carbons (Fsp3) is 0.600. The van der Waals surface area contributed by atoms with Crippen molar-refractivity contribution in [2.45, 2.75) is 57.5 Å². The molecule has 140 valence electrons. The lowest BCUT2D eigenvalue weighted by atomic mass is 9.86. The van der Waals surface area contributed by atoms with Gasteiger partial charge in [-0.05, 0) is 37.0 Å². The SMILES string of the molecule is O=C(CC1CCCCC1)N1CCC(Oc2nc3ccc(F)cc3s2)CC1. The van der Waals surface area contributed by atoms with Crippen LogP contribution in [0.5, 0.6) is 5.19 Å². The summed E-state index contributed by atoms with van der Waals surface area (Å²) in [5, 5.41) is 0.595. The van der Waals surface area contributed by atoms with E-state index in [0.717, 1.165) is 42.6 Å². The number of benzene rings is 1. The second-order valence-electron chi connectivity index (χ2n) is 7.50. The third kappa shape index (κ3) is 4.17. The van der Waals surface area contributed by atoms with Crippen molar-refractivity contribution in [3.63, 3.8) is 0 Å². The molecule has 0 N–H and O–H groups in total. The minimum atomic E-state index is -0.252. The number of amides is 1. The van der Waals surface area contributed by atoms with E-state index in [1.807, 2.05) is 4.90 Å². The van der Waals surface area contributed by atoms with Crippen LogP contribution < -0.4 is 4.74 Å². The van der Waals surface area contributed by atoms with E-state index in [1.54, 1.807) is 6.07 Å². The Bertz CT molecular complexity index is 764. The van der Waals surface area contributed by atoms with Crippen LogP contribution in [0.25, 0.3) is 10.2 Å². The molecule has 1 saturated heterocycles. The van der Waals surface area contributed by atoms with E-state index in [0.29, 0.717) is 17.0 Å². The van der Waals surface area contributed by atoms with Crippen molar-refractivity contribution in [1.82, 2.24) is 9.88 Å². The minimum Gasteiger partial charge on any atom is -0.467 e. The van der Waals surface area contributed by atoms with E-state index in [-0.39, 0.29) is 11.9 Å². The Balaban J connectivity index is 1.28. The lowest BCUT2D eigenvalue weighted by molar-refractivity contribution is -0.134. The van der Waals surface area contributed by atoms with Gasteiger partial charge in [0.15, 0.2) is 0 Å². The fourth-order valence-electron chi connectivity index (χ4n) is 4.06. The van der Waals surface area contributed by atoms with Gasteiger partial charge in [0.1, 0.15) is 11.9 Å². The summed E-state index contributed by atoms with van der Waals surface area (Å²) >= 11 is 1.38. The Labute approximate surface area is 157 Å². The number of thiazole rings is 1. The number of carbonyl (C=O) groups is 1. The molecule has 0 spiro atoms. The first kappa shape index (κ1) is 17.7. The second-order valence-corrected chi connectivity index (χ2v) is 8.49. The molecule has 2 fully saturated rings. The summed E-state index contributed by atoms with van der Waals surface area (Å²) in [6.45, 7) is 1.52. The molecule has 0 bridgehead atoms. The zero-order valence-corrected chi connectivity index (χ0v) is 15.8. The first-order valence-corrected chi connectivity index (χ1v) is 10.5. The number of halogens is 1. The van der Waals surface area contributed by atoms with Crippen molar-refractivity contribution in [3.05, 3.63) is 24.0 Å². The third-order valence-electron chi connectivity index (χ3n) is 5.58. The van der Waals surface area contributed by atoms with Crippen LogP contribution in [0.1, 0.15) is 51.4 Å². The maximum atomic E-state index is 13.3. The highest BCUT2D eigenvalue weighted by Crippen LogP contribution is 2.31. The van der Waals surface area contributed by atoms with Crippen molar-refractivity contribution in [3.8, 4) is 5.19 Å². The Morgan fingerprint density at radius 2 is 1.96 bits per heavy atom. The average molecular weight is 376 g/mol. The number of fused-ring (bicyclic) bond motifs is 1. The molecule has 2 heterocycles. The monoisotopic (exact) mass is 376 g/mol. The summed E-state index contributed by atoms with van der Waals surface area (Å²) in [6.07, 6.45) is 8.77. The van der Waals surface area contributed by atoms with Crippen LogP contribution in [-0.2, 0) is 4.79 Å². The molecule has 26 heavy (non-hydrogen) atoms. The largest absolute Gasteiger partial charge is 0.467 e. The number of nitrogens with zero attached hydrogens (tertiary/aromatic N) is 2. The molecule has 2 aromatic rings. The lowest BCUT2D eigenvalue weighted by Crippen LogP contribution is -2.42. The predicted octanol–water partition coefficient (Wildman–Crippen LogP) is 4.78. The van der Waals surface area contributed by atoms with Gasteiger partial charge >= 0.3 is 0 Å². The molecule has 4 nitrogen and oxygen atoms in total. The Kier molecular flexibility index (Phi) is 5.38. The number of hydrogen-bond acceptors (Lipinski definition) is 4. The molecule has 1 aromatic carbocycles. The molecule has 0 unspecified atom stereocenters. The molecular formula is C20H25FN2O2S. The molecule has 1 aliphatic heterocycles. The van der Waals surface area contributed by atoms with Gasteiger partial charge in [0.2, 0.25) is 5.91 Å². The average Bonchev–Trinajstić information content (AvgIpc) is 3.04. The van der Waals surface area contributed by atoms with Crippen LogP contribution in [0.15, 0.2) is 18.2 Å². The minimum absolute atomic E-state index is 0.0825. The molecule has 2 aliphatic rings. The molecule has 1 amide bonds. The lowest BCUT2D eigenvalue weighted by Gasteiger charge is -2.33. The highest BCUT2D eigenvalue weighted by atomic mass is 32.1. The molecule has 1 aromatic heterocycles. The van der Waals surface area contributed by atoms with Crippen LogP contribution >= 0.6 is 11.3 Å². The number of aromatic nitrogens is 1. The standard InChI is InChI=1S/C20H25FN2O2S/c21-15-6-7-17-18(13-15)26-20(22-17)25-16-8-10-23(11-9-16)19(24)12-14-4-2-1-3-5-14/h6-7,13-14,16H,1-5,8-12H2. The summed E-state index contributed by atoms with van der Waals surface area (Å²) in [6, 6.07) is 4.59. The van der Waals surface area contributed by atoms with Crippen LogP contribution in [-0.4, -0.2) is 35.0 Å². The van der Waals surface area contributed by atoms with Crippen molar-refractivity contribution in [2.24, 2.45) is 5.92 Å². The molecule has 0 radical (unpaired) electrons. The Hall–Kier alpha value is -1.69. The molecule has 1 aliphatic carbocycles. The number of hydrogen-bond donors (Lipinski definition) is 0. The van der Waals surface area contributed by atoms with Crippen molar-refractivity contribution < 1.29 is 13.9 Å². The number of ether oxygens (including phenoxy) is 1. The second kappa shape index (κ2) is 7.91. The van der Waals surface area contributed by atoms with Crippen LogP contribution in [0.3, 0.4) is 0 Å².